The number of hydrogen-bond acceptors (Lipinski definition) is 4. The fourth-order valence-corrected chi connectivity index (χ4v) is 2.84. The molecule has 0 spiro atoms. The number of anilines is 1. The SMILES string of the molecule is CNCc1cnc(N2CC(C)N(C)C(C)C2)c(C)c1. The first-order valence-corrected chi connectivity index (χ1v) is 7.10. The molecule has 4 heteroatoms. The maximum Gasteiger partial charge on any atom is 0.131 e. The molecular formula is C15H26N4. The topological polar surface area (TPSA) is 31.4 Å². The molecule has 19 heavy (non-hydrogen) atoms. The standard InChI is InChI=1S/C15H26N4/c1-11-6-14(7-16-4)8-17-15(11)19-9-12(2)18(5)13(3)10-19/h6,8,12-13,16H,7,9-10H2,1-5H3. The minimum absolute atomic E-state index is 0.571. The van der Waals surface area contributed by atoms with Crippen molar-refractivity contribution in [1.29, 1.82) is 0 Å². The predicted octanol–water partition coefficient (Wildman–Crippen LogP) is 1.64. The highest BCUT2D eigenvalue weighted by atomic mass is 15.3. The summed E-state index contributed by atoms with van der Waals surface area (Å²) in [6.07, 6.45) is 1.99. The van der Waals surface area contributed by atoms with E-state index in [1.165, 1.54) is 11.1 Å². The van der Waals surface area contributed by atoms with Gasteiger partial charge in [0.05, 0.1) is 0 Å². The van der Waals surface area contributed by atoms with Crippen molar-refractivity contribution >= 4 is 5.82 Å². The first kappa shape index (κ1) is 14.3. The van der Waals surface area contributed by atoms with Gasteiger partial charge in [-0.05, 0) is 52.1 Å². The van der Waals surface area contributed by atoms with Crippen LogP contribution >= 0.6 is 0 Å². The van der Waals surface area contributed by atoms with E-state index in [4.69, 9.17) is 0 Å². The molecule has 2 rings (SSSR count). The smallest absolute Gasteiger partial charge is 0.131 e. The molecule has 0 amide bonds. The van der Waals surface area contributed by atoms with Crippen molar-refractivity contribution in [3.8, 4) is 0 Å². The average molecular weight is 262 g/mol. The summed E-state index contributed by atoms with van der Waals surface area (Å²) in [5.74, 6) is 1.15. The quantitative estimate of drug-likeness (QED) is 0.897. The lowest BCUT2D eigenvalue weighted by molar-refractivity contribution is 0.169. The van der Waals surface area contributed by atoms with Gasteiger partial charge < -0.3 is 10.2 Å². The van der Waals surface area contributed by atoms with Crippen LogP contribution in [-0.2, 0) is 6.54 Å². The Balaban J connectivity index is 2.18. The maximum atomic E-state index is 4.68. The van der Waals surface area contributed by atoms with Crippen molar-refractivity contribution in [2.24, 2.45) is 0 Å². The van der Waals surface area contributed by atoms with Crippen LogP contribution < -0.4 is 10.2 Å². The molecule has 0 aliphatic carbocycles. The average Bonchev–Trinajstić information content (AvgIpc) is 2.36. The number of piperazine rings is 1. The Morgan fingerprint density at radius 2 is 1.95 bits per heavy atom. The summed E-state index contributed by atoms with van der Waals surface area (Å²) < 4.78 is 0. The molecule has 1 aromatic heterocycles. The third-order valence-corrected chi connectivity index (χ3v) is 4.15. The van der Waals surface area contributed by atoms with Gasteiger partial charge in [-0.3, -0.25) is 4.90 Å². The molecule has 1 aliphatic rings. The van der Waals surface area contributed by atoms with Crippen LogP contribution in [0.1, 0.15) is 25.0 Å². The molecule has 2 heterocycles. The van der Waals surface area contributed by atoms with Gasteiger partial charge in [0.15, 0.2) is 0 Å². The molecule has 0 radical (unpaired) electrons. The fraction of sp³-hybridized carbons (Fsp3) is 0.667. The van der Waals surface area contributed by atoms with E-state index < -0.39 is 0 Å². The monoisotopic (exact) mass is 262 g/mol. The van der Waals surface area contributed by atoms with Crippen LogP contribution in [0, 0.1) is 6.92 Å². The molecule has 2 atom stereocenters. The number of rotatable bonds is 3. The Hall–Kier alpha value is -1.13. The van der Waals surface area contributed by atoms with E-state index in [9.17, 15) is 0 Å². The van der Waals surface area contributed by atoms with Gasteiger partial charge in [0.2, 0.25) is 0 Å². The zero-order chi connectivity index (χ0) is 14.0. The van der Waals surface area contributed by atoms with E-state index in [1.807, 2.05) is 13.2 Å². The van der Waals surface area contributed by atoms with E-state index in [1.54, 1.807) is 0 Å². The Morgan fingerprint density at radius 3 is 2.47 bits per heavy atom. The molecule has 0 bridgehead atoms. The van der Waals surface area contributed by atoms with Gasteiger partial charge in [-0.15, -0.1) is 0 Å². The number of nitrogens with one attached hydrogen (secondary N) is 1. The van der Waals surface area contributed by atoms with E-state index in [2.05, 4.69) is 54.0 Å². The van der Waals surface area contributed by atoms with Gasteiger partial charge >= 0.3 is 0 Å². The van der Waals surface area contributed by atoms with Gasteiger partial charge in [-0.2, -0.15) is 0 Å². The van der Waals surface area contributed by atoms with Crippen molar-refractivity contribution in [3.63, 3.8) is 0 Å². The fourth-order valence-electron chi connectivity index (χ4n) is 2.84. The van der Waals surface area contributed by atoms with Crippen LogP contribution in [0.4, 0.5) is 5.82 Å². The third kappa shape index (κ3) is 3.07. The summed E-state index contributed by atoms with van der Waals surface area (Å²) in [4.78, 5) is 9.55. The molecule has 1 aromatic rings. The third-order valence-electron chi connectivity index (χ3n) is 4.15. The largest absolute Gasteiger partial charge is 0.353 e. The van der Waals surface area contributed by atoms with Crippen LogP contribution in [0.15, 0.2) is 12.3 Å². The molecule has 4 nitrogen and oxygen atoms in total. The minimum Gasteiger partial charge on any atom is -0.353 e. The zero-order valence-electron chi connectivity index (χ0n) is 12.8. The Bertz CT molecular complexity index is 420. The minimum atomic E-state index is 0.571. The number of likely N-dealkylation sites (N-methyl/N-ethyl adjacent to an activating group) is 1. The summed E-state index contributed by atoms with van der Waals surface area (Å²) in [7, 11) is 4.18. The normalized spacial score (nSPS) is 24.8. The summed E-state index contributed by atoms with van der Waals surface area (Å²) >= 11 is 0. The summed E-state index contributed by atoms with van der Waals surface area (Å²) in [5.41, 5.74) is 2.52. The Labute approximate surface area is 116 Å². The number of nitrogens with zero attached hydrogens (tertiary/aromatic N) is 3. The van der Waals surface area contributed by atoms with Crippen LogP contribution in [0.3, 0.4) is 0 Å². The van der Waals surface area contributed by atoms with Crippen LogP contribution in [0.2, 0.25) is 0 Å². The number of pyridine rings is 1. The summed E-state index contributed by atoms with van der Waals surface area (Å²) in [5, 5.41) is 3.17. The molecule has 0 saturated carbocycles. The van der Waals surface area contributed by atoms with Crippen LogP contribution in [-0.4, -0.2) is 49.2 Å². The number of aromatic nitrogens is 1. The maximum absolute atomic E-state index is 4.68. The highest BCUT2D eigenvalue weighted by Gasteiger charge is 2.27. The summed E-state index contributed by atoms with van der Waals surface area (Å²) in [6.45, 7) is 9.72. The highest BCUT2D eigenvalue weighted by molar-refractivity contribution is 5.48. The highest BCUT2D eigenvalue weighted by Crippen LogP contribution is 2.23. The lowest BCUT2D eigenvalue weighted by atomic mass is 10.1. The zero-order valence-corrected chi connectivity index (χ0v) is 12.8. The van der Waals surface area contributed by atoms with Gasteiger partial charge in [-0.25, -0.2) is 4.98 Å². The molecule has 1 saturated heterocycles. The van der Waals surface area contributed by atoms with E-state index in [0.717, 1.165) is 25.5 Å². The van der Waals surface area contributed by atoms with E-state index in [-0.39, 0.29) is 0 Å². The number of aryl methyl sites for hydroxylation is 1. The first-order valence-electron chi connectivity index (χ1n) is 7.10. The van der Waals surface area contributed by atoms with Crippen molar-refractivity contribution in [1.82, 2.24) is 15.2 Å². The Morgan fingerprint density at radius 1 is 1.32 bits per heavy atom. The molecule has 1 aliphatic heterocycles. The molecular weight excluding hydrogens is 236 g/mol. The predicted molar refractivity (Wildman–Crippen MR) is 80.6 cm³/mol. The summed E-state index contributed by atoms with van der Waals surface area (Å²) in [6, 6.07) is 3.39. The van der Waals surface area contributed by atoms with E-state index >= 15 is 0 Å². The van der Waals surface area contributed by atoms with Crippen LogP contribution in [0.25, 0.3) is 0 Å². The molecule has 0 aromatic carbocycles. The first-order chi connectivity index (χ1) is 9.02. The van der Waals surface area contributed by atoms with Crippen molar-refractivity contribution in [2.75, 3.05) is 32.1 Å². The van der Waals surface area contributed by atoms with E-state index in [0.29, 0.717) is 12.1 Å². The van der Waals surface area contributed by atoms with Crippen LogP contribution in [0.5, 0.6) is 0 Å². The second kappa shape index (κ2) is 5.88. The molecule has 1 N–H and O–H groups in total. The lowest BCUT2D eigenvalue weighted by Crippen LogP contribution is -2.55. The van der Waals surface area contributed by atoms with Crippen molar-refractivity contribution in [2.45, 2.75) is 39.4 Å². The Kier molecular flexibility index (Phi) is 4.42. The van der Waals surface area contributed by atoms with Gasteiger partial charge in [0.25, 0.3) is 0 Å². The number of hydrogen-bond donors (Lipinski definition) is 1. The van der Waals surface area contributed by atoms with Gasteiger partial charge in [-0.1, -0.05) is 0 Å². The molecule has 106 valence electrons. The van der Waals surface area contributed by atoms with Crippen molar-refractivity contribution in [3.05, 3.63) is 23.4 Å². The second-order valence-corrected chi connectivity index (χ2v) is 5.78. The lowest BCUT2D eigenvalue weighted by Gasteiger charge is -2.43. The van der Waals surface area contributed by atoms with Gasteiger partial charge in [0.1, 0.15) is 5.82 Å². The molecule has 2 unspecified atom stereocenters. The second-order valence-electron chi connectivity index (χ2n) is 5.78. The van der Waals surface area contributed by atoms with Crippen molar-refractivity contribution < 1.29 is 0 Å². The molecule has 1 fully saturated rings. The van der Waals surface area contributed by atoms with Gasteiger partial charge in [0, 0.05) is 37.9 Å².